The van der Waals surface area contributed by atoms with Gasteiger partial charge in [0, 0.05) is 18.2 Å². The van der Waals surface area contributed by atoms with Gasteiger partial charge >= 0.3 is 0 Å². The molecule has 0 aliphatic heterocycles. The van der Waals surface area contributed by atoms with Gasteiger partial charge in [0.1, 0.15) is 5.01 Å². The Kier molecular flexibility index (Phi) is 5.23. The molecule has 3 aromatic carbocycles. The van der Waals surface area contributed by atoms with Gasteiger partial charge in [0.25, 0.3) is 5.91 Å². The first-order valence-electron chi connectivity index (χ1n) is 9.37. The lowest BCUT2D eigenvalue weighted by atomic mass is 9.97. The third-order valence-electron chi connectivity index (χ3n) is 5.01. The highest BCUT2D eigenvalue weighted by atomic mass is 32.1. The predicted molar refractivity (Wildman–Crippen MR) is 116 cm³/mol. The van der Waals surface area contributed by atoms with Gasteiger partial charge in [-0.1, -0.05) is 60.7 Å². The summed E-state index contributed by atoms with van der Waals surface area (Å²) < 4.78 is 1.09. The molecule has 5 heteroatoms. The minimum absolute atomic E-state index is 0.157. The van der Waals surface area contributed by atoms with E-state index in [1.165, 1.54) is 0 Å². The number of fused-ring (bicyclic) bond motifs is 1. The van der Waals surface area contributed by atoms with E-state index in [1.54, 1.807) is 59.7 Å². The van der Waals surface area contributed by atoms with Crippen molar-refractivity contribution in [2.45, 2.75) is 13.0 Å². The highest BCUT2D eigenvalue weighted by molar-refractivity contribution is 7.18. The van der Waals surface area contributed by atoms with Crippen LogP contribution in [0.2, 0.25) is 0 Å². The fraction of sp³-hybridized carbons (Fsp3) is 0.125. The van der Waals surface area contributed by atoms with E-state index in [-0.39, 0.29) is 17.7 Å². The van der Waals surface area contributed by atoms with E-state index in [0.29, 0.717) is 16.7 Å². The monoisotopic (exact) mass is 400 g/mol. The molecule has 29 heavy (non-hydrogen) atoms. The van der Waals surface area contributed by atoms with Gasteiger partial charge in [0.2, 0.25) is 0 Å². The van der Waals surface area contributed by atoms with E-state index in [1.807, 2.05) is 49.4 Å². The van der Waals surface area contributed by atoms with Crippen molar-refractivity contribution in [2.24, 2.45) is 0 Å². The van der Waals surface area contributed by atoms with Gasteiger partial charge in [-0.25, -0.2) is 4.98 Å². The van der Waals surface area contributed by atoms with Gasteiger partial charge in [-0.2, -0.15) is 0 Å². The van der Waals surface area contributed by atoms with Gasteiger partial charge in [-0.15, -0.1) is 11.3 Å². The van der Waals surface area contributed by atoms with Crippen molar-refractivity contribution in [3.8, 4) is 0 Å². The predicted octanol–water partition coefficient (Wildman–Crippen LogP) is 5.36. The molecular formula is C24H20N2O2S. The molecule has 0 aliphatic rings. The molecule has 4 nitrogen and oxygen atoms in total. The molecule has 1 amide bonds. The third kappa shape index (κ3) is 3.69. The summed E-state index contributed by atoms with van der Waals surface area (Å²) in [6, 6.07) is 23.7. The molecular weight excluding hydrogens is 380 g/mol. The van der Waals surface area contributed by atoms with Gasteiger partial charge in [0.15, 0.2) is 5.78 Å². The largest absolute Gasteiger partial charge is 0.332 e. The number of nitrogens with zero attached hydrogens (tertiary/aromatic N) is 2. The molecule has 1 aromatic heterocycles. The first-order valence-corrected chi connectivity index (χ1v) is 10.2. The number of amides is 1. The maximum atomic E-state index is 13.3. The van der Waals surface area contributed by atoms with Crippen LogP contribution in [0.1, 0.15) is 44.3 Å². The Morgan fingerprint density at radius 3 is 2.21 bits per heavy atom. The zero-order chi connectivity index (χ0) is 20.4. The number of para-hydroxylation sites is 1. The second-order valence-electron chi connectivity index (χ2n) is 6.85. The Labute approximate surface area is 173 Å². The summed E-state index contributed by atoms with van der Waals surface area (Å²) in [4.78, 5) is 32.6. The average molecular weight is 401 g/mol. The van der Waals surface area contributed by atoms with Crippen molar-refractivity contribution >= 4 is 33.2 Å². The van der Waals surface area contributed by atoms with Crippen LogP contribution in [0.3, 0.4) is 0 Å². The molecule has 4 aromatic rings. The summed E-state index contributed by atoms with van der Waals surface area (Å²) in [5.74, 6) is -0.354. The molecule has 4 rings (SSSR count). The average Bonchev–Trinajstić information content (AvgIpc) is 3.22. The van der Waals surface area contributed by atoms with Crippen LogP contribution >= 0.6 is 11.3 Å². The molecule has 1 atom stereocenters. The number of benzene rings is 3. The van der Waals surface area contributed by atoms with E-state index >= 15 is 0 Å². The van der Waals surface area contributed by atoms with Gasteiger partial charge < -0.3 is 4.90 Å². The molecule has 0 saturated carbocycles. The van der Waals surface area contributed by atoms with Crippen molar-refractivity contribution in [3.63, 3.8) is 0 Å². The van der Waals surface area contributed by atoms with E-state index in [0.717, 1.165) is 15.2 Å². The zero-order valence-corrected chi connectivity index (χ0v) is 17.0. The Morgan fingerprint density at radius 2 is 1.48 bits per heavy atom. The number of hydrogen-bond donors (Lipinski definition) is 0. The van der Waals surface area contributed by atoms with Crippen LogP contribution in [0.15, 0.2) is 78.9 Å². The topological polar surface area (TPSA) is 50.3 Å². The first kappa shape index (κ1) is 19.0. The van der Waals surface area contributed by atoms with Crippen molar-refractivity contribution in [1.82, 2.24) is 9.88 Å². The summed E-state index contributed by atoms with van der Waals surface area (Å²) in [6.07, 6.45) is 0. The highest BCUT2D eigenvalue weighted by Crippen LogP contribution is 2.30. The first-order chi connectivity index (χ1) is 14.1. The fourth-order valence-electron chi connectivity index (χ4n) is 3.21. The van der Waals surface area contributed by atoms with Crippen molar-refractivity contribution in [3.05, 3.63) is 101 Å². The van der Waals surface area contributed by atoms with Gasteiger partial charge in [-0.3, -0.25) is 9.59 Å². The van der Waals surface area contributed by atoms with Crippen LogP contribution in [0.4, 0.5) is 0 Å². The molecule has 144 valence electrons. The lowest BCUT2D eigenvalue weighted by molar-refractivity contribution is 0.0738. The minimum atomic E-state index is -0.209. The molecule has 0 spiro atoms. The summed E-state index contributed by atoms with van der Waals surface area (Å²) in [7, 11) is 1.75. The summed E-state index contributed by atoms with van der Waals surface area (Å²) in [6.45, 7) is 1.96. The lowest BCUT2D eigenvalue weighted by Crippen LogP contribution is -2.31. The number of aromatic nitrogens is 1. The second-order valence-corrected chi connectivity index (χ2v) is 7.91. The maximum Gasteiger partial charge on any atom is 0.254 e. The smallest absolute Gasteiger partial charge is 0.254 e. The Hall–Kier alpha value is -3.31. The minimum Gasteiger partial charge on any atom is -0.332 e. The van der Waals surface area contributed by atoms with E-state index in [9.17, 15) is 9.59 Å². The fourth-order valence-corrected chi connectivity index (χ4v) is 4.28. The normalized spacial score (nSPS) is 11.9. The van der Waals surface area contributed by atoms with Gasteiger partial charge in [0.05, 0.1) is 21.8 Å². The lowest BCUT2D eigenvalue weighted by Gasteiger charge is -2.24. The number of carbonyl (C=O) groups excluding carboxylic acids is 2. The van der Waals surface area contributed by atoms with Crippen LogP contribution in [0, 0.1) is 0 Å². The molecule has 0 unspecified atom stereocenters. The molecule has 0 saturated heterocycles. The summed E-state index contributed by atoms with van der Waals surface area (Å²) >= 11 is 1.58. The Morgan fingerprint density at radius 1 is 0.862 bits per heavy atom. The quantitative estimate of drug-likeness (QED) is 0.424. The van der Waals surface area contributed by atoms with E-state index in [2.05, 4.69) is 4.98 Å². The van der Waals surface area contributed by atoms with Crippen LogP contribution in [0.5, 0.6) is 0 Å². The van der Waals surface area contributed by atoms with Crippen molar-refractivity contribution in [1.29, 1.82) is 0 Å². The number of ketones is 1. The zero-order valence-electron chi connectivity index (χ0n) is 16.2. The molecule has 0 bridgehead atoms. The molecule has 0 radical (unpaired) electrons. The summed E-state index contributed by atoms with van der Waals surface area (Å²) in [5, 5.41) is 0.869. The second kappa shape index (κ2) is 7.97. The standard InChI is InChI=1S/C24H20N2O2S/c1-16(23-25-20-14-8-9-15-21(20)29-23)26(2)24(28)19-13-7-6-12-18(19)22(27)17-10-4-3-5-11-17/h3-16H,1-2H3/t16-/m1/s1. The SMILES string of the molecule is C[C@H](c1nc2ccccc2s1)N(C)C(=O)c1ccccc1C(=O)c1ccccc1. The van der Waals surface area contributed by atoms with E-state index < -0.39 is 0 Å². The van der Waals surface area contributed by atoms with Crippen molar-refractivity contribution in [2.75, 3.05) is 7.05 Å². The number of rotatable bonds is 5. The maximum absolute atomic E-state index is 13.3. The van der Waals surface area contributed by atoms with Crippen LogP contribution in [-0.2, 0) is 0 Å². The van der Waals surface area contributed by atoms with Crippen LogP contribution in [-0.4, -0.2) is 28.6 Å². The van der Waals surface area contributed by atoms with Crippen LogP contribution < -0.4 is 0 Å². The summed E-state index contributed by atoms with van der Waals surface area (Å²) in [5.41, 5.74) is 2.30. The third-order valence-corrected chi connectivity index (χ3v) is 6.21. The van der Waals surface area contributed by atoms with Crippen LogP contribution in [0.25, 0.3) is 10.2 Å². The molecule has 0 aliphatic carbocycles. The number of carbonyl (C=O) groups is 2. The van der Waals surface area contributed by atoms with Crippen molar-refractivity contribution < 1.29 is 9.59 Å². The number of hydrogen-bond acceptors (Lipinski definition) is 4. The van der Waals surface area contributed by atoms with E-state index in [4.69, 9.17) is 0 Å². The Bertz CT molecular complexity index is 1150. The highest BCUT2D eigenvalue weighted by Gasteiger charge is 2.25. The molecule has 1 heterocycles. The molecule has 0 fully saturated rings. The Balaban J connectivity index is 1.65. The number of thiazole rings is 1. The molecule has 0 N–H and O–H groups in total. The van der Waals surface area contributed by atoms with Gasteiger partial charge in [-0.05, 0) is 25.1 Å².